The molecular formula is C23H20N2O4. The highest BCUT2D eigenvalue weighted by Gasteiger charge is 2.28. The van der Waals surface area contributed by atoms with Crippen molar-refractivity contribution in [3.05, 3.63) is 83.9 Å². The van der Waals surface area contributed by atoms with Crippen molar-refractivity contribution >= 4 is 17.7 Å². The number of nitrogens with one attached hydrogen (secondary N) is 2. The minimum absolute atomic E-state index is 0.0287. The predicted octanol–water partition coefficient (Wildman–Crippen LogP) is 3.87. The molecule has 0 radical (unpaired) electrons. The van der Waals surface area contributed by atoms with Crippen molar-refractivity contribution in [3.8, 4) is 16.9 Å². The summed E-state index contributed by atoms with van der Waals surface area (Å²) >= 11 is 0. The second-order valence-corrected chi connectivity index (χ2v) is 6.77. The van der Waals surface area contributed by atoms with Gasteiger partial charge in [-0.15, -0.1) is 0 Å². The lowest BCUT2D eigenvalue weighted by atomic mass is 9.98. The van der Waals surface area contributed by atoms with Gasteiger partial charge in [-0.3, -0.25) is 4.79 Å². The van der Waals surface area contributed by atoms with Crippen molar-refractivity contribution < 1.29 is 19.4 Å². The molecule has 1 aliphatic rings. The van der Waals surface area contributed by atoms with E-state index in [9.17, 15) is 14.7 Å². The molecule has 3 N–H and O–H groups in total. The van der Waals surface area contributed by atoms with E-state index < -0.39 is 6.09 Å². The number of anilines is 1. The van der Waals surface area contributed by atoms with Crippen LogP contribution in [0.25, 0.3) is 11.1 Å². The lowest BCUT2D eigenvalue weighted by Gasteiger charge is -2.14. The number of rotatable bonds is 5. The fraction of sp³-hybridized carbons (Fsp3) is 0.130. The van der Waals surface area contributed by atoms with Gasteiger partial charge in [0, 0.05) is 11.6 Å². The van der Waals surface area contributed by atoms with E-state index in [2.05, 4.69) is 22.8 Å². The minimum atomic E-state index is -0.646. The van der Waals surface area contributed by atoms with Crippen LogP contribution in [0.3, 0.4) is 0 Å². The molecule has 0 aliphatic heterocycles. The zero-order chi connectivity index (χ0) is 20.2. The molecule has 0 bridgehead atoms. The summed E-state index contributed by atoms with van der Waals surface area (Å²) in [6.07, 6.45) is -0.646. The van der Waals surface area contributed by atoms with Gasteiger partial charge < -0.3 is 20.5 Å². The number of benzene rings is 3. The highest BCUT2D eigenvalue weighted by atomic mass is 16.5. The van der Waals surface area contributed by atoms with Crippen molar-refractivity contribution in [2.24, 2.45) is 0 Å². The molecule has 2 amide bonds. The van der Waals surface area contributed by atoms with E-state index in [1.54, 1.807) is 12.1 Å². The zero-order valence-electron chi connectivity index (χ0n) is 15.6. The summed E-state index contributed by atoms with van der Waals surface area (Å²) in [4.78, 5) is 24.0. The molecule has 0 heterocycles. The Bertz CT molecular complexity index is 1000. The number of ether oxygens (including phenoxy) is 1. The van der Waals surface area contributed by atoms with E-state index in [0.717, 1.165) is 22.3 Å². The molecule has 3 aromatic rings. The van der Waals surface area contributed by atoms with E-state index in [-0.39, 0.29) is 30.7 Å². The van der Waals surface area contributed by atoms with Crippen molar-refractivity contribution in [1.82, 2.24) is 5.32 Å². The number of hydrogen-bond acceptors (Lipinski definition) is 4. The number of alkyl carbamates (subject to hydrolysis) is 1. The SMILES string of the molecule is O=C(CNC(=O)OCC1c2ccccc2-c2ccccc21)Nc1ccc(O)cc1. The molecule has 29 heavy (non-hydrogen) atoms. The van der Waals surface area contributed by atoms with E-state index in [1.807, 2.05) is 36.4 Å². The lowest BCUT2D eigenvalue weighted by molar-refractivity contribution is -0.115. The fourth-order valence-electron chi connectivity index (χ4n) is 3.55. The standard InChI is InChI=1S/C23H20N2O4/c26-16-11-9-15(10-12-16)25-22(27)13-24-23(28)29-14-21-19-7-3-1-5-17(19)18-6-2-4-8-20(18)21/h1-12,21,26H,13-14H2,(H,24,28)(H,25,27). The molecule has 0 saturated heterocycles. The Hall–Kier alpha value is -3.80. The van der Waals surface area contributed by atoms with Crippen LogP contribution in [0, 0.1) is 0 Å². The minimum Gasteiger partial charge on any atom is -0.508 e. The molecule has 3 aromatic carbocycles. The molecule has 1 aliphatic carbocycles. The monoisotopic (exact) mass is 388 g/mol. The average Bonchev–Trinajstić information content (AvgIpc) is 3.06. The van der Waals surface area contributed by atoms with Crippen LogP contribution < -0.4 is 10.6 Å². The summed E-state index contributed by atoms with van der Waals surface area (Å²) in [5.74, 6) is -0.303. The molecule has 6 nitrogen and oxygen atoms in total. The average molecular weight is 388 g/mol. The van der Waals surface area contributed by atoms with Crippen molar-refractivity contribution in [2.45, 2.75) is 5.92 Å². The van der Waals surface area contributed by atoms with Crippen LogP contribution in [0.1, 0.15) is 17.0 Å². The van der Waals surface area contributed by atoms with Crippen LogP contribution in [-0.2, 0) is 9.53 Å². The molecular weight excluding hydrogens is 368 g/mol. The summed E-state index contributed by atoms with van der Waals surface area (Å²) in [6.45, 7) is -0.0169. The second-order valence-electron chi connectivity index (χ2n) is 6.77. The molecule has 0 fully saturated rings. The molecule has 146 valence electrons. The van der Waals surface area contributed by atoms with Gasteiger partial charge in [-0.05, 0) is 46.5 Å². The van der Waals surface area contributed by atoms with Crippen LogP contribution in [0.2, 0.25) is 0 Å². The number of aromatic hydroxyl groups is 1. The normalized spacial score (nSPS) is 12.0. The molecule has 6 heteroatoms. The summed E-state index contributed by atoms with van der Waals surface area (Å²) in [5.41, 5.74) is 5.11. The zero-order valence-corrected chi connectivity index (χ0v) is 15.6. The lowest BCUT2D eigenvalue weighted by Crippen LogP contribution is -2.33. The van der Waals surface area contributed by atoms with E-state index in [0.29, 0.717) is 5.69 Å². The third-order valence-electron chi connectivity index (χ3n) is 4.89. The summed E-state index contributed by atoms with van der Waals surface area (Å²) in [5, 5.41) is 14.3. The third-order valence-corrected chi connectivity index (χ3v) is 4.89. The second kappa shape index (κ2) is 8.06. The van der Waals surface area contributed by atoms with E-state index in [4.69, 9.17) is 4.74 Å². The largest absolute Gasteiger partial charge is 0.508 e. The molecule has 4 rings (SSSR count). The number of phenolic OH excluding ortho intramolecular Hbond substituents is 1. The van der Waals surface area contributed by atoms with Crippen LogP contribution in [0.5, 0.6) is 5.75 Å². The van der Waals surface area contributed by atoms with Gasteiger partial charge in [0.2, 0.25) is 5.91 Å². The van der Waals surface area contributed by atoms with Crippen LogP contribution in [0.15, 0.2) is 72.8 Å². The van der Waals surface area contributed by atoms with Gasteiger partial charge in [0.25, 0.3) is 0 Å². The van der Waals surface area contributed by atoms with Gasteiger partial charge >= 0.3 is 6.09 Å². The number of amides is 2. The van der Waals surface area contributed by atoms with Gasteiger partial charge in [-0.2, -0.15) is 0 Å². The molecule has 0 unspecified atom stereocenters. The van der Waals surface area contributed by atoms with Gasteiger partial charge in [-0.1, -0.05) is 48.5 Å². The quantitative estimate of drug-likeness (QED) is 0.579. The topological polar surface area (TPSA) is 87.7 Å². The Morgan fingerprint density at radius 1 is 0.862 bits per heavy atom. The number of carbonyl (C=O) groups is 2. The molecule has 0 spiro atoms. The van der Waals surface area contributed by atoms with Gasteiger partial charge in [0.15, 0.2) is 0 Å². The number of carbonyl (C=O) groups excluding carboxylic acids is 2. The Kier molecular flexibility index (Phi) is 5.16. The Balaban J connectivity index is 1.32. The third kappa shape index (κ3) is 4.06. The molecule has 0 saturated carbocycles. The Morgan fingerprint density at radius 2 is 1.45 bits per heavy atom. The highest BCUT2D eigenvalue weighted by molar-refractivity contribution is 5.93. The van der Waals surface area contributed by atoms with Crippen LogP contribution in [0.4, 0.5) is 10.5 Å². The first-order chi connectivity index (χ1) is 14.1. The summed E-state index contributed by atoms with van der Waals surface area (Å²) < 4.78 is 5.39. The Labute approximate surface area is 168 Å². The maximum Gasteiger partial charge on any atom is 0.407 e. The first-order valence-corrected chi connectivity index (χ1v) is 9.29. The Morgan fingerprint density at radius 3 is 2.07 bits per heavy atom. The van der Waals surface area contributed by atoms with Gasteiger partial charge in [0.05, 0.1) is 0 Å². The maximum absolute atomic E-state index is 12.1. The van der Waals surface area contributed by atoms with Crippen LogP contribution >= 0.6 is 0 Å². The van der Waals surface area contributed by atoms with Gasteiger partial charge in [-0.25, -0.2) is 4.79 Å². The van der Waals surface area contributed by atoms with E-state index >= 15 is 0 Å². The van der Waals surface area contributed by atoms with Crippen molar-refractivity contribution in [3.63, 3.8) is 0 Å². The van der Waals surface area contributed by atoms with Crippen molar-refractivity contribution in [2.75, 3.05) is 18.5 Å². The molecule has 0 atom stereocenters. The summed E-state index contributed by atoms with van der Waals surface area (Å²) in [6, 6.07) is 22.3. The first-order valence-electron chi connectivity index (χ1n) is 9.29. The number of fused-ring (bicyclic) bond motifs is 3. The molecule has 0 aromatic heterocycles. The van der Waals surface area contributed by atoms with Crippen molar-refractivity contribution in [1.29, 1.82) is 0 Å². The van der Waals surface area contributed by atoms with Crippen LogP contribution in [-0.4, -0.2) is 30.3 Å². The first kappa shape index (κ1) is 18.6. The van der Waals surface area contributed by atoms with Gasteiger partial charge in [0.1, 0.15) is 18.9 Å². The van der Waals surface area contributed by atoms with E-state index in [1.165, 1.54) is 12.1 Å². The highest BCUT2D eigenvalue weighted by Crippen LogP contribution is 2.44. The number of phenols is 1. The predicted molar refractivity (Wildman–Crippen MR) is 110 cm³/mol. The summed E-state index contributed by atoms with van der Waals surface area (Å²) in [7, 11) is 0. The maximum atomic E-state index is 12.1. The fourth-order valence-corrected chi connectivity index (χ4v) is 3.55. The smallest absolute Gasteiger partial charge is 0.407 e. The number of hydrogen-bond donors (Lipinski definition) is 3.